The molecule has 1 aromatic rings. The minimum Gasteiger partial charge on any atom is -0.374 e. The highest BCUT2D eigenvalue weighted by molar-refractivity contribution is 5.80. The van der Waals surface area contributed by atoms with Crippen LogP contribution in [0.25, 0.3) is 0 Å². The predicted molar refractivity (Wildman–Crippen MR) is 59.1 cm³/mol. The fourth-order valence-electron chi connectivity index (χ4n) is 2.75. The van der Waals surface area contributed by atoms with Crippen molar-refractivity contribution in [2.75, 3.05) is 0 Å². The van der Waals surface area contributed by atoms with Crippen LogP contribution < -0.4 is 5.32 Å². The van der Waals surface area contributed by atoms with Gasteiger partial charge in [-0.25, -0.2) is 0 Å². The lowest BCUT2D eigenvalue weighted by Gasteiger charge is -2.20. The lowest BCUT2D eigenvalue weighted by Crippen LogP contribution is -2.37. The second-order valence-electron chi connectivity index (χ2n) is 4.87. The van der Waals surface area contributed by atoms with E-state index in [1.807, 2.05) is 6.92 Å². The fraction of sp³-hybridized carbons (Fsp3) is 0.667. The largest absolute Gasteiger partial charge is 0.374 e. The number of hydrogen-bond acceptors (Lipinski definition) is 4. The predicted octanol–water partition coefficient (Wildman–Crippen LogP) is 1.42. The molecular formula is C12H16N2O3. The number of aromatic nitrogens is 1. The molecule has 2 aliphatic rings. The molecule has 0 saturated carbocycles. The van der Waals surface area contributed by atoms with Crippen molar-refractivity contribution in [2.45, 2.75) is 44.4 Å². The maximum absolute atomic E-state index is 12.1. The van der Waals surface area contributed by atoms with Crippen molar-refractivity contribution in [1.29, 1.82) is 0 Å². The van der Waals surface area contributed by atoms with E-state index in [-0.39, 0.29) is 24.0 Å². The summed E-state index contributed by atoms with van der Waals surface area (Å²) in [5.41, 5.74) is 0.752. The van der Waals surface area contributed by atoms with Gasteiger partial charge in [-0.2, -0.15) is 0 Å². The summed E-state index contributed by atoms with van der Waals surface area (Å²) in [7, 11) is 0. The molecule has 1 N–H and O–H groups in total. The van der Waals surface area contributed by atoms with Crippen LogP contribution in [-0.4, -0.2) is 23.3 Å². The molecule has 4 unspecified atom stereocenters. The molecule has 17 heavy (non-hydrogen) atoms. The SMILES string of the molecule is CC(NC(=O)C1CC2CCC1O2)c1ccon1. The molecule has 2 bridgehead atoms. The van der Waals surface area contributed by atoms with Crippen LogP contribution in [-0.2, 0) is 9.53 Å². The Bertz CT molecular complexity index is 404. The average molecular weight is 236 g/mol. The minimum absolute atomic E-state index is 0.0168. The molecular weight excluding hydrogens is 220 g/mol. The summed E-state index contributed by atoms with van der Waals surface area (Å²) >= 11 is 0. The third-order valence-electron chi connectivity index (χ3n) is 3.70. The molecule has 0 radical (unpaired) electrons. The van der Waals surface area contributed by atoms with Crippen LogP contribution >= 0.6 is 0 Å². The zero-order valence-corrected chi connectivity index (χ0v) is 9.76. The molecule has 1 aromatic heterocycles. The number of fused-ring (bicyclic) bond motifs is 2. The lowest BCUT2D eigenvalue weighted by atomic mass is 9.88. The van der Waals surface area contributed by atoms with Gasteiger partial charge in [0.05, 0.1) is 24.2 Å². The van der Waals surface area contributed by atoms with E-state index >= 15 is 0 Å². The number of amides is 1. The first kappa shape index (κ1) is 10.8. The van der Waals surface area contributed by atoms with Crippen LogP contribution in [0.3, 0.4) is 0 Å². The van der Waals surface area contributed by atoms with Gasteiger partial charge in [0, 0.05) is 6.07 Å². The zero-order chi connectivity index (χ0) is 11.8. The van der Waals surface area contributed by atoms with Gasteiger partial charge in [0.25, 0.3) is 0 Å². The summed E-state index contributed by atoms with van der Waals surface area (Å²) < 4.78 is 10.4. The van der Waals surface area contributed by atoms with Gasteiger partial charge in [0.2, 0.25) is 5.91 Å². The van der Waals surface area contributed by atoms with Crippen molar-refractivity contribution in [3.05, 3.63) is 18.0 Å². The number of carbonyl (C=O) groups is 1. The van der Waals surface area contributed by atoms with Gasteiger partial charge in [-0.15, -0.1) is 0 Å². The van der Waals surface area contributed by atoms with E-state index in [4.69, 9.17) is 9.26 Å². The van der Waals surface area contributed by atoms with Gasteiger partial charge in [0.15, 0.2) is 0 Å². The Hall–Kier alpha value is -1.36. The molecule has 2 saturated heterocycles. The molecule has 5 nitrogen and oxygen atoms in total. The van der Waals surface area contributed by atoms with Crippen LogP contribution in [0.4, 0.5) is 0 Å². The molecule has 3 heterocycles. The summed E-state index contributed by atoms with van der Waals surface area (Å²) in [6.45, 7) is 1.91. The van der Waals surface area contributed by atoms with E-state index in [2.05, 4.69) is 10.5 Å². The number of carbonyl (C=O) groups excluding carboxylic acids is 1. The standard InChI is InChI=1S/C12H16N2O3/c1-7(10-4-5-16-14-10)13-12(15)9-6-8-2-3-11(9)17-8/h4-5,7-9,11H,2-3,6H2,1H3,(H,13,15). The third-order valence-corrected chi connectivity index (χ3v) is 3.70. The summed E-state index contributed by atoms with van der Waals surface area (Å²) in [5, 5.41) is 6.79. The van der Waals surface area contributed by atoms with Crippen molar-refractivity contribution in [3.63, 3.8) is 0 Å². The van der Waals surface area contributed by atoms with Crippen molar-refractivity contribution >= 4 is 5.91 Å². The first-order valence-corrected chi connectivity index (χ1v) is 6.10. The Morgan fingerprint density at radius 3 is 3.06 bits per heavy atom. The average Bonchev–Trinajstić information content (AvgIpc) is 3.05. The Morgan fingerprint density at radius 1 is 1.59 bits per heavy atom. The van der Waals surface area contributed by atoms with Crippen LogP contribution in [0.5, 0.6) is 0 Å². The quantitative estimate of drug-likeness (QED) is 0.862. The number of hydrogen-bond donors (Lipinski definition) is 1. The highest BCUT2D eigenvalue weighted by atomic mass is 16.5. The minimum atomic E-state index is -0.111. The van der Waals surface area contributed by atoms with Gasteiger partial charge in [-0.1, -0.05) is 5.16 Å². The summed E-state index contributed by atoms with van der Waals surface area (Å²) in [5.74, 6) is 0.0933. The second-order valence-corrected chi connectivity index (χ2v) is 4.87. The lowest BCUT2D eigenvalue weighted by molar-refractivity contribution is -0.127. The van der Waals surface area contributed by atoms with Crippen LogP contribution in [0.2, 0.25) is 0 Å². The normalized spacial score (nSPS) is 32.6. The summed E-state index contributed by atoms with van der Waals surface area (Å²) in [4.78, 5) is 12.1. The topological polar surface area (TPSA) is 64.4 Å². The molecule has 92 valence electrons. The molecule has 2 aliphatic heterocycles. The zero-order valence-electron chi connectivity index (χ0n) is 9.76. The molecule has 4 atom stereocenters. The van der Waals surface area contributed by atoms with Crippen molar-refractivity contribution in [2.24, 2.45) is 5.92 Å². The van der Waals surface area contributed by atoms with E-state index in [0.717, 1.165) is 25.0 Å². The molecule has 5 heteroatoms. The number of rotatable bonds is 3. The van der Waals surface area contributed by atoms with Crippen LogP contribution in [0, 0.1) is 5.92 Å². The first-order chi connectivity index (χ1) is 8.24. The maximum atomic E-state index is 12.1. The molecule has 3 rings (SSSR count). The Morgan fingerprint density at radius 2 is 2.47 bits per heavy atom. The van der Waals surface area contributed by atoms with Crippen LogP contribution in [0.15, 0.2) is 16.9 Å². The smallest absolute Gasteiger partial charge is 0.226 e. The molecule has 1 amide bonds. The fourth-order valence-corrected chi connectivity index (χ4v) is 2.75. The van der Waals surface area contributed by atoms with Gasteiger partial charge in [0.1, 0.15) is 12.0 Å². The molecule has 0 aliphatic carbocycles. The summed E-state index contributed by atoms with van der Waals surface area (Å²) in [6.07, 6.45) is 4.93. The van der Waals surface area contributed by atoms with Crippen molar-refractivity contribution in [3.8, 4) is 0 Å². The highest BCUT2D eigenvalue weighted by Crippen LogP contribution is 2.38. The number of ether oxygens (including phenoxy) is 1. The number of nitrogens with zero attached hydrogens (tertiary/aromatic N) is 1. The summed E-state index contributed by atoms with van der Waals surface area (Å²) in [6, 6.07) is 1.66. The van der Waals surface area contributed by atoms with Crippen molar-refractivity contribution < 1.29 is 14.1 Å². The molecule has 2 fully saturated rings. The van der Waals surface area contributed by atoms with Gasteiger partial charge in [-0.05, 0) is 26.2 Å². The van der Waals surface area contributed by atoms with Gasteiger partial charge < -0.3 is 14.6 Å². The van der Waals surface area contributed by atoms with E-state index in [1.54, 1.807) is 6.07 Å². The third kappa shape index (κ3) is 1.95. The van der Waals surface area contributed by atoms with Crippen LogP contribution in [0.1, 0.15) is 37.9 Å². The van der Waals surface area contributed by atoms with E-state index in [1.165, 1.54) is 6.26 Å². The van der Waals surface area contributed by atoms with Crippen molar-refractivity contribution in [1.82, 2.24) is 10.5 Å². The van der Waals surface area contributed by atoms with E-state index in [9.17, 15) is 4.79 Å². The Labute approximate surface area is 99.5 Å². The van der Waals surface area contributed by atoms with Gasteiger partial charge in [-0.3, -0.25) is 4.79 Å². The monoisotopic (exact) mass is 236 g/mol. The number of nitrogens with one attached hydrogen (secondary N) is 1. The Balaban J connectivity index is 1.60. The van der Waals surface area contributed by atoms with Gasteiger partial charge >= 0.3 is 0 Å². The van der Waals surface area contributed by atoms with E-state index < -0.39 is 0 Å². The molecule has 0 spiro atoms. The molecule has 0 aromatic carbocycles. The second kappa shape index (κ2) is 4.14. The van der Waals surface area contributed by atoms with E-state index in [0.29, 0.717) is 6.10 Å². The maximum Gasteiger partial charge on any atom is 0.226 e. The highest BCUT2D eigenvalue weighted by Gasteiger charge is 2.44. The Kier molecular flexibility index (Phi) is 2.63. The first-order valence-electron chi connectivity index (χ1n) is 6.10.